The molecule has 0 aromatic carbocycles. The van der Waals surface area contributed by atoms with Crippen molar-refractivity contribution in [2.75, 3.05) is 6.61 Å². The molecule has 18 heavy (non-hydrogen) atoms. The van der Waals surface area contributed by atoms with Gasteiger partial charge in [-0.25, -0.2) is 0 Å². The minimum absolute atomic E-state index is 0.117. The standard InChI is InChI=1S/C14H20N2OS/c1-11-3-2-4-14(6-11,10-17)16-8-13-5-12(7-15)9-18-13/h5,9,11,16-17H,2-4,6,8,10H2,1H3. The highest BCUT2D eigenvalue weighted by Crippen LogP contribution is 2.32. The molecule has 2 atom stereocenters. The van der Waals surface area contributed by atoms with Crippen molar-refractivity contribution in [1.29, 1.82) is 5.26 Å². The summed E-state index contributed by atoms with van der Waals surface area (Å²) in [6.45, 7) is 3.21. The summed E-state index contributed by atoms with van der Waals surface area (Å²) in [4.78, 5) is 1.16. The average Bonchev–Trinajstić information content (AvgIpc) is 2.84. The van der Waals surface area contributed by atoms with Gasteiger partial charge in [0.1, 0.15) is 6.07 Å². The fourth-order valence-electron chi connectivity index (χ4n) is 2.83. The molecule has 98 valence electrons. The molecule has 0 radical (unpaired) electrons. The smallest absolute Gasteiger partial charge is 0.100 e. The van der Waals surface area contributed by atoms with Crippen molar-refractivity contribution in [2.24, 2.45) is 5.92 Å². The summed E-state index contributed by atoms with van der Waals surface area (Å²) >= 11 is 1.61. The zero-order chi connectivity index (χ0) is 13.0. The van der Waals surface area contributed by atoms with Crippen molar-refractivity contribution in [1.82, 2.24) is 5.32 Å². The van der Waals surface area contributed by atoms with Gasteiger partial charge in [0.2, 0.25) is 0 Å². The Morgan fingerprint density at radius 1 is 1.67 bits per heavy atom. The van der Waals surface area contributed by atoms with Gasteiger partial charge in [-0.1, -0.05) is 19.8 Å². The van der Waals surface area contributed by atoms with Crippen molar-refractivity contribution in [2.45, 2.75) is 44.7 Å². The van der Waals surface area contributed by atoms with Crippen LogP contribution in [0.15, 0.2) is 11.4 Å². The van der Waals surface area contributed by atoms with Gasteiger partial charge in [0, 0.05) is 22.3 Å². The first-order valence-electron chi connectivity index (χ1n) is 6.51. The topological polar surface area (TPSA) is 56.0 Å². The first-order chi connectivity index (χ1) is 8.67. The third-order valence-corrected chi connectivity index (χ3v) is 4.75. The summed E-state index contributed by atoms with van der Waals surface area (Å²) in [5, 5.41) is 23.9. The van der Waals surface area contributed by atoms with E-state index in [1.54, 1.807) is 11.3 Å². The van der Waals surface area contributed by atoms with Crippen LogP contribution in [0.4, 0.5) is 0 Å². The van der Waals surface area contributed by atoms with E-state index in [1.165, 1.54) is 12.8 Å². The Morgan fingerprint density at radius 3 is 3.11 bits per heavy atom. The molecule has 2 rings (SSSR count). The van der Waals surface area contributed by atoms with E-state index in [0.29, 0.717) is 5.92 Å². The van der Waals surface area contributed by atoms with Crippen LogP contribution in [0.5, 0.6) is 0 Å². The van der Waals surface area contributed by atoms with Gasteiger partial charge in [0.05, 0.1) is 12.2 Å². The van der Waals surface area contributed by atoms with E-state index >= 15 is 0 Å². The van der Waals surface area contributed by atoms with Crippen LogP contribution >= 0.6 is 11.3 Å². The molecule has 0 amide bonds. The van der Waals surface area contributed by atoms with Crippen LogP contribution in [0.3, 0.4) is 0 Å². The molecule has 1 fully saturated rings. The molecule has 0 aliphatic heterocycles. The number of nitriles is 1. The summed E-state index contributed by atoms with van der Waals surface area (Å²) in [7, 11) is 0. The minimum Gasteiger partial charge on any atom is -0.394 e. The number of hydrogen-bond donors (Lipinski definition) is 2. The molecule has 1 saturated carbocycles. The molecule has 1 aromatic heterocycles. The minimum atomic E-state index is -0.117. The summed E-state index contributed by atoms with van der Waals surface area (Å²) in [6, 6.07) is 4.07. The number of aliphatic hydroxyl groups is 1. The van der Waals surface area contributed by atoms with Gasteiger partial charge in [-0.15, -0.1) is 11.3 Å². The zero-order valence-corrected chi connectivity index (χ0v) is 11.6. The van der Waals surface area contributed by atoms with Crippen LogP contribution in [0.25, 0.3) is 0 Å². The highest BCUT2D eigenvalue weighted by atomic mass is 32.1. The Labute approximate surface area is 112 Å². The zero-order valence-electron chi connectivity index (χ0n) is 10.8. The third kappa shape index (κ3) is 3.11. The Balaban J connectivity index is 1.96. The molecule has 1 aliphatic carbocycles. The Kier molecular flexibility index (Phi) is 4.39. The molecule has 0 bridgehead atoms. The second-order valence-electron chi connectivity index (χ2n) is 5.41. The lowest BCUT2D eigenvalue weighted by Crippen LogP contribution is -2.50. The highest BCUT2D eigenvalue weighted by molar-refractivity contribution is 7.10. The number of nitrogens with zero attached hydrogens (tertiary/aromatic N) is 1. The maximum absolute atomic E-state index is 9.68. The lowest BCUT2D eigenvalue weighted by molar-refractivity contribution is 0.0985. The maximum Gasteiger partial charge on any atom is 0.100 e. The van der Waals surface area contributed by atoms with Gasteiger partial charge < -0.3 is 10.4 Å². The summed E-state index contributed by atoms with van der Waals surface area (Å²) in [5.41, 5.74) is 0.612. The Bertz CT molecular complexity index is 437. The van der Waals surface area contributed by atoms with Crippen LogP contribution in [0, 0.1) is 17.2 Å². The molecule has 4 heteroatoms. The second kappa shape index (κ2) is 5.83. The van der Waals surface area contributed by atoms with Gasteiger partial charge in [0.25, 0.3) is 0 Å². The van der Waals surface area contributed by atoms with E-state index in [-0.39, 0.29) is 12.1 Å². The van der Waals surface area contributed by atoms with Crippen LogP contribution in [0.2, 0.25) is 0 Å². The van der Waals surface area contributed by atoms with Gasteiger partial charge in [-0.2, -0.15) is 5.26 Å². The predicted octanol–water partition coefficient (Wildman–Crippen LogP) is 2.65. The number of aliphatic hydroxyl groups excluding tert-OH is 1. The molecule has 2 N–H and O–H groups in total. The van der Waals surface area contributed by atoms with Crippen molar-refractivity contribution in [3.8, 4) is 6.07 Å². The van der Waals surface area contributed by atoms with Crippen LogP contribution in [0.1, 0.15) is 43.0 Å². The third-order valence-electron chi connectivity index (χ3n) is 3.81. The molecular weight excluding hydrogens is 244 g/mol. The average molecular weight is 264 g/mol. The monoisotopic (exact) mass is 264 g/mol. The number of nitrogens with one attached hydrogen (secondary N) is 1. The van der Waals surface area contributed by atoms with Gasteiger partial charge in [-0.3, -0.25) is 0 Å². The highest BCUT2D eigenvalue weighted by Gasteiger charge is 2.33. The van der Waals surface area contributed by atoms with E-state index in [4.69, 9.17) is 5.26 Å². The first kappa shape index (κ1) is 13.5. The van der Waals surface area contributed by atoms with Crippen LogP contribution < -0.4 is 5.32 Å². The predicted molar refractivity (Wildman–Crippen MR) is 73.3 cm³/mol. The van der Waals surface area contributed by atoms with Gasteiger partial charge in [-0.05, 0) is 24.8 Å². The van der Waals surface area contributed by atoms with Crippen molar-refractivity contribution >= 4 is 11.3 Å². The molecule has 1 aromatic rings. The van der Waals surface area contributed by atoms with Gasteiger partial charge in [0.15, 0.2) is 0 Å². The van der Waals surface area contributed by atoms with Crippen LogP contribution in [-0.2, 0) is 6.54 Å². The quantitative estimate of drug-likeness (QED) is 0.879. The lowest BCUT2D eigenvalue weighted by atomic mass is 9.77. The molecule has 3 nitrogen and oxygen atoms in total. The SMILES string of the molecule is CC1CCCC(CO)(NCc2cc(C#N)cs2)C1. The second-order valence-corrected chi connectivity index (χ2v) is 6.40. The normalized spacial score (nSPS) is 27.9. The van der Waals surface area contributed by atoms with E-state index in [2.05, 4.69) is 18.3 Å². The fourth-order valence-corrected chi connectivity index (χ4v) is 3.58. The summed E-state index contributed by atoms with van der Waals surface area (Å²) in [6.07, 6.45) is 4.54. The number of rotatable bonds is 4. The van der Waals surface area contributed by atoms with E-state index in [0.717, 1.165) is 29.8 Å². The van der Waals surface area contributed by atoms with Crippen molar-refractivity contribution < 1.29 is 5.11 Å². The number of hydrogen-bond acceptors (Lipinski definition) is 4. The van der Waals surface area contributed by atoms with E-state index < -0.39 is 0 Å². The molecule has 0 spiro atoms. The van der Waals surface area contributed by atoms with Crippen molar-refractivity contribution in [3.05, 3.63) is 21.9 Å². The molecule has 1 heterocycles. The Morgan fingerprint density at radius 2 is 2.50 bits per heavy atom. The molecule has 0 saturated heterocycles. The molecule has 2 unspecified atom stereocenters. The van der Waals surface area contributed by atoms with E-state index in [9.17, 15) is 5.11 Å². The van der Waals surface area contributed by atoms with E-state index in [1.807, 2.05) is 11.4 Å². The molecular formula is C14H20N2OS. The lowest BCUT2D eigenvalue weighted by Gasteiger charge is -2.39. The fraction of sp³-hybridized carbons (Fsp3) is 0.643. The largest absolute Gasteiger partial charge is 0.394 e. The maximum atomic E-state index is 9.68. The summed E-state index contributed by atoms with van der Waals surface area (Å²) < 4.78 is 0. The summed E-state index contributed by atoms with van der Waals surface area (Å²) in [5.74, 6) is 0.677. The number of thiophene rings is 1. The van der Waals surface area contributed by atoms with Crippen LogP contribution in [-0.4, -0.2) is 17.3 Å². The molecule has 1 aliphatic rings. The Hall–Kier alpha value is -0.890. The van der Waals surface area contributed by atoms with Gasteiger partial charge >= 0.3 is 0 Å². The van der Waals surface area contributed by atoms with Crippen molar-refractivity contribution in [3.63, 3.8) is 0 Å². The first-order valence-corrected chi connectivity index (χ1v) is 7.39.